The fraction of sp³-hybridized carbons (Fsp3) is 0.381. The molecule has 3 heterocycles. The number of anilines is 1. The molecular formula is C21H27IN6O2S. The van der Waals surface area contributed by atoms with Crippen LogP contribution in [0, 0.1) is 0 Å². The second-order valence-corrected chi connectivity index (χ2v) is 7.94. The third kappa shape index (κ3) is 5.88. The first-order valence-corrected chi connectivity index (χ1v) is 11.0. The van der Waals surface area contributed by atoms with E-state index in [9.17, 15) is 4.79 Å². The van der Waals surface area contributed by atoms with Crippen molar-refractivity contribution in [2.24, 2.45) is 4.99 Å². The number of carbonyl (C=O) groups is 1. The van der Waals surface area contributed by atoms with E-state index in [4.69, 9.17) is 9.41 Å². The molecule has 0 bridgehead atoms. The SMILES string of the molecule is CCNC(=NCCNc1nc2ccccc2s1)N1CCN(C(=O)c2ccco2)CC1.I. The van der Waals surface area contributed by atoms with Crippen LogP contribution in [0.15, 0.2) is 52.1 Å². The highest BCUT2D eigenvalue weighted by Crippen LogP contribution is 2.25. The third-order valence-electron chi connectivity index (χ3n) is 4.88. The number of para-hydroxylation sites is 1. The number of aliphatic imine (C=N–C) groups is 1. The van der Waals surface area contributed by atoms with E-state index in [1.807, 2.05) is 23.1 Å². The minimum absolute atomic E-state index is 0. The van der Waals surface area contributed by atoms with E-state index in [0.29, 0.717) is 31.9 Å². The molecule has 1 amide bonds. The molecule has 1 saturated heterocycles. The molecule has 1 aliphatic heterocycles. The van der Waals surface area contributed by atoms with Gasteiger partial charge < -0.3 is 24.9 Å². The van der Waals surface area contributed by atoms with Crippen LogP contribution in [0.25, 0.3) is 10.2 Å². The van der Waals surface area contributed by atoms with Crippen molar-refractivity contribution >= 4 is 62.5 Å². The lowest BCUT2D eigenvalue weighted by atomic mass is 10.3. The average molecular weight is 554 g/mol. The molecule has 0 radical (unpaired) electrons. The standard InChI is InChI=1S/C21H26N6O2S.HI/c1-2-22-20(23-9-10-24-21-25-16-6-3-4-8-18(16)30-21)27-13-11-26(12-14-27)19(28)17-7-5-15-29-17;/h3-8,15H,2,9-14H2,1H3,(H,22,23)(H,24,25);1H. The number of carbonyl (C=O) groups excluding carboxylic acids is 1. The zero-order valence-corrected chi connectivity index (χ0v) is 20.6. The molecular weight excluding hydrogens is 527 g/mol. The van der Waals surface area contributed by atoms with Crippen LogP contribution in [0.1, 0.15) is 17.5 Å². The Kier molecular flexibility index (Phi) is 8.52. The first kappa shape index (κ1) is 23.3. The summed E-state index contributed by atoms with van der Waals surface area (Å²) in [4.78, 5) is 25.8. The van der Waals surface area contributed by atoms with E-state index in [2.05, 4.69) is 33.5 Å². The number of hydrogen-bond acceptors (Lipinski definition) is 6. The molecule has 2 aromatic heterocycles. The monoisotopic (exact) mass is 554 g/mol. The molecule has 10 heteroatoms. The molecule has 0 aliphatic carbocycles. The van der Waals surface area contributed by atoms with E-state index in [-0.39, 0.29) is 29.9 Å². The van der Waals surface area contributed by atoms with E-state index in [1.54, 1.807) is 23.5 Å². The van der Waals surface area contributed by atoms with Crippen molar-refractivity contribution in [1.82, 2.24) is 20.1 Å². The molecule has 2 N–H and O–H groups in total. The van der Waals surface area contributed by atoms with Crippen molar-refractivity contribution in [3.05, 3.63) is 48.4 Å². The van der Waals surface area contributed by atoms with Crippen molar-refractivity contribution < 1.29 is 9.21 Å². The van der Waals surface area contributed by atoms with E-state index in [0.717, 1.165) is 36.2 Å². The van der Waals surface area contributed by atoms with Crippen LogP contribution < -0.4 is 10.6 Å². The van der Waals surface area contributed by atoms with Gasteiger partial charge in [0.25, 0.3) is 5.91 Å². The van der Waals surface area contributed by atoms with Crippen LogP contribution in [0.2, 0.25) is 0 Å². The number of nitrogens with zero attached hydrogens (tertiary/aromatic N) is 4. The zero-order valence-electron chi connectivity index (χ0n) is 17.4. The van der Waals surface area contributed by atoms with Crippen LogP contribution in [0.5, 0.6) is 0 Å². The number of furan rings is 1. The second-order valence-electron chi connectivity index (χ2n) is 6.91. The summed E-state index contributed by atoms with van der Waals surface area (Å²) in [6, 6.07) is 11.6. The Morgan fingerprint density at radius 2 is 1.94 bits per heavy atom. The third-order valence-corrected chi connectivity index (χ3v) is 5.87. The highest BCUT2D eigenvalue weighted by atomic mass is 127. The van der Waals surface area contributed by atoms with Gasteiger partial charge in [-0.1, -0.05) is 23.5 Å². The Hall–Kier alpha value is -2.34. The van der Waals surface area contributed by atoms with Gasteiger partial charge >= 0.3 is 0 Å². The average Bonchev–Trinajstić information content (AvgIpc) is 3.45. The Balaban J connectivity index is 0.00000272. The Bertz CT molecular complexity index is 965. The van der Waals surface area contributed by atoms with Gasteiger partial charge in [-0.25, -0.2) is 4.98 Å². The normalized spacial score (nSPS) is 14.4. The first-order valence-electron chi connectivity index (χ1n) is 10.2. The van der Waals surface area contributed by atoms with Gasteiger partial charge in [0.1, 0.15) is 0 Å². The van der Waals surface area contributed by atoms with Gasteiger partial charge in [-0.15, -0.1) is 24.0 Å². The maximum atomic E-state index is 12.4. The molecule has 0 unspecified atom stereocenters. The molecule has 1 aliphatic rings. The number of guanidine groups is 1. The first-order chi connectivity index (χ1) is 14.7. The topological polar surface area (TPSA) is 86.0 Å². The van der Waals surface area contributed by atoms with Gasteiger partial charge in [0.05, 0.1) is 23.0 Å². The molecule has 1 aromatic carbocycles. The summed E-state index contributed by atoms with van der Waals surface area (Å²) in [5, 5.41) is 7.64. The second kappa shape index (κ2) is 11.3. The molecule has 0 atom stereocenters. The van der Waals surface area contributed by atoms with Crippen molar-refractivity contribution in [2.75, 3.05) is 51.1 Å². The fourth-order valence-corrected chi connectivity index (χ4v) is 4.27. The number of halogens is 1. The highest BCUT2D eigenvalue weighted by molar-refractivity contribution is 14.0. The lowest BCUT2D eigenvalue weighted by Gasteiger charge is -2.36. The number of nitrogens with one attached hydrogen (secondary N) is 2. The molecule has 4 rings (SSSR count). The minimum Gasteiger partial charge on any atom is -0.459 e. The maximum absolute atomic E-state index is 12.4. The number of thiazole rings is 1. The van der Waals surface area contributed by atoms with Crippen LogP contribution >= 0.6 is 35.3 Å². The van der Waals surface area contributed by atoms with Crippen molar-refractivity contribution in [2.45, 2.75) is 6.92 Å². The molecule has 0 saturated carbocycles. The summed E-state index contributed by atoms with van der Waals surface area (Å²) in [5.74, 6) is 1.22. The number of amides is 1. The van der Waals surface area contributed by atoms with Crippen molar-refractivity contribution in [3.8, 4) is 0 Å². The van der Waals surface area contributed by atoms with Crippen LogP contribution in [-0.4, -0.2) is 72.5 Å². The molecule has 3 aromatic rings. The van der Waals surface area contributed by atoms with E-state index in [1.165, 1.54) is 11.0 Å². The molecule has 1 fully saturated rings. The predicted octanol–water partition coefficient (Wildman–Crippen LogP) is 3.34. The summed E-state index contributed by atoms with van der Waals surface area (Å²) >= 11 is 1.65. The van der Waals surface area contributed by atoms with Crippen molar-refractivity contribution in [3.63, 3.8) is 0 Å². The zero-order chi connectivity index (χ0) is 20.8. The smallest absolute Gasteiger partial charge is 0.289 e. The van der Waals surface area contributed by atoms with Crippen LogP contribution in [0.3, 0.4) is 0 Å². The Morgan fingerprint density at radius 1 is 1.16 bits per heavy atom. The van der Waals surface area contributed by atoms with Gasteiger partial charge in [-0.05, 0) is 31.2 Å². The Labute approximate surface area is 202 Å². The Morgan fingerprint density at radius 3 is 2.65 bits per heavy atom. The number of piperazine rings is 1. The number of hydrogen-bond donors (Lipinski definition) is 2. The summed E-state index contributed by atoms with van der Waals surface area (Å²) in [5.41, 5.74) is 1.02. The summed E-state index contributed by atoms with van der Waals surface area (Å²) in [6.45, 7) is 6.99. The highest BCUT2D eigenvalue weighted by Gasteiger charge is 2.25. The van der Waals surface area contributed by atoms with Gasteiger partial charge in [-0.2, -0.15) is 0 Å². The molecule has 8 nitrogen and oxygen atoms in total. The minimum atomic E-state index is -0.0541. The number of aromatic nitrogens is 1. The predicted molar refractivity (Wildman–Crippen MR) is 136 cm³/mol. The lowest BCUT2D eigenvalue weighted by molar-refractivity contribution is 0.0657. The van der Waals surface area contributed by atoms with Gasteiger partial charge in [-0.3, -0.25) is 9.79 Å². The summed E-state index contributed by atoms with van der Waals surface area (Å²) < 4.78 is 6.41. The summed E-state index contributed by atoms with van der Waals surface area (Å²) in [7, 11) is 0. The van der Waals surface area contributed by atoms with E-state index < -0.39 is 0 Å². The maximum Gasteiger partial charge on any atom is 0.289 e. The van der Waals surface area contributed by atoms with E-state index >= 15 is 0 Å². The van der Waals surface area contributed by atoms with Crippen LogP contribution in [0.4, 0.5) is 5.13 Å². The quantitative estimate of drug-likeness (QED) is 0.211. The van der Waals surface area contributed by atoms with Crippen molar-refractivity contribution in [1.29, 1.82) is 0 Å². The fourth-order valence-electron chi connectivity index (χ4n) is 3.38. The number of benzene rings is 1. The van der Waals surface area contributed by atoms with Crippen LogP contribution in [-0.2, 0) is 0 Å². The molecule has 0 spiro atoms. The largest absolute Gasteiger partial charge is 0.459 e. The summed E-state index contributed by atoms with van der Waals surface area (Å²) in [6.07, 6.45) is 1.53. The van der Waals surface area contributed by atoms with Gasteiger partial charge in [0.2, 0.25) is 0 Å². The van der Waals surface area contributed by atoms with Gasteiger partial charge in [0.15, 0.2) is 16.9 Å². The number of fused-ring (bicyclic) bond motifs is 1. The van der Waals surface area contributed by atoms with Gasteiger partial charge in [0, 0.05) is 39.3 Å². The number of rotatable bonds is 6. The molecule has 166 valence electrons. The molecule has 31 heavy (non-hydrogen) atoms. The lowest BCUT2D eigenvalue weighted by Crippen LogP contribution is -2.53.